The fraction of sp³-hybridized carbons (Fsp3) is 0.625. The van der Waals surface area contributed by atoms with Crippen molar-refractivity contribution in [3.8, 4) is 0 Å². The molecule has 2 fully saturated rings. The molecule has 0 bridgehead atoms. The Balaban J connectivity index is 1.53. The first-order valence-corrected chi connectivity index (χ1v) is 7.28. The second kappa shape index (κ2) is 5.61. The molecule has 0 spiro atoms. The summed E-state index contributed by atoms with van der Waals surface area (Å²) in [5, 5.41) is 9.72. The molecule has 3 nitrogen and oxygen atoms in total. The fourth-order valence-corrected chi connectivity index (χ4v) is 3.12. The van der Waals surface area contributed by atoms with Gasteiger partial charge in [-0.1, -0.05) is 30.3 Å². The number of nitrogens with zero attached hydrogens (tertiary/aromatic N) is 1. The Hall–Kier alpha value is -0.900. The van der Waals surface area contributed by atoms with E-state index in [1.54, 1.807) is 0 Å². The van der Waals surface area contributed by atoms with Crippen molar-refractivity contribution >= 4 is 0 Å². The lowest BCUT2D eigenvalue weighted by molar-refractivity contribution is 0.0287. The van der Waals surface area contributed by atoms with Gasteiger partial charge in [-0.15, -0.1) is 0 Å². The summed E-state index contributed by atoms with van der Waals surface area (Å²) in [7, 11) is 0. The molecular formula is C16H23NO2. The lowest BCUT2D eigenvalue weighted by Gasteiger charge is -2.40. The van der Waals surface area contributed by atoms with Crippen LogP contribution in [0.3, 0.4) is 0 Å². The van der Waals surface area contributed by atoms with E-state index in [1.807, 2.05) is 0 Å². The third-order valence-corrected chi connectivity index (χ3v) is 4.56. The number of benzene rings is 1. The first kappa shape index (κ1) is 13.1. The molecule has 1 aromatic carbocycles. The van der Waals surface area contributed by atoms with E-state index in [0.29, 0.717) is 12.7 Å². The summed E-state index contributed by atoms with van der Waals surface area (Å²) in [6.45, 7) is 4.41. The second-order valence-corrected chi connectivity index (χ2v) is 6.08. The van der Waals surface area contributed by atoms with E-state index in [9.17, 15) is 5.11 Å². The number of rotatable bonds is 5. The van der Waals surface area contributed by atoms with Crippen molar-refractivity contribution in [1.82, 2.24) is 4.90 Å². The number of epoxide rings is 1. The molecule has 0 amide bonds. The number of aliphatic hydroxyl groups is 1. The molecule has 19 heavy (non-hydrogen) atoms. The van der Waals surface area contributed by atoms with Gasteiger partial charge in [0.05, 0.1) is 12.7 Å². The van der Waals surface area contributed by atoms with E-state index >= 15 is 0 Å². The Morgan fingerprint density at radius 2 is 1.89 bits per heavy atom. The van der Waals surface area contributed by atoms with Gasteiger partial charge in [0.1, 0.15) is 0 Å². The van der Waals surface area contributed by atoms with Gasteiger partial charge < -0.3 is 9.84 Å². The van der Waals surface area contributed by atoms with E-state index in [4.69, 9.17) is 4.74 Å². The van der Waals surface area contributed by atoms with E-state index in [0.717, 1.165) is 45.5 Å². The highest BCUT2D eigenvalue weighted by atomic mass is 16.6. The molecule has 1 N–H and O–H groups in total. The van der Waals surface area contributed by atoms with E-state index in [2.05, 4.69) is 35.2 Å². The van der Waals surface area contributed by atoms with Crippen LogP contribution < -0.4 is 0 Å². The molecule has 2 saturated heterocycles. The van der Waals surface area contributed by atoms with Crippen LogP contribution >= 0.6 is 0 Å². The highest BCUT2D eigenvalue weighted by Gasteiger charge is 2.39. The van der Waals surface area contributed by atoms with Crippen molar-refractivity contribution in [2.75, 3.05) is 26.3 Å². The lowest BCUT2D eigenvalue weighted by Crippen LogP contribution is -2.42. The van der Waals surface area contributed by atoms with Crippen LogP contribution in [0.4, 0.5) is 0 Å². The number of hydrogen-bond donors (Lipinski definition) is 1. The van der Waals surface area contributed by atoms with Gasteiger partial charge in [0, 0.05) is 13.2 Å². The van der Waals surface area contributed by atoms with Crippen molar-refractivity contribution in [3.05, 3.63) is 35.9 Å². The van der Waals surface area contributed by atoms with Crippen LogP contribution in [0.5, 0.6) is 0 Å². The largest absolute Gasteiger partial charge is 0.396 e. The Morgan fingerprint density at radius 1 is 1.21 bits per heavy atom. The van der Waals surface area contributed by atoms with E-state index in [-0.39, 0.29) is 5.41 Å². The zero-order valence-electron chi connectivity index (χ0n) is 11.4. The Morgan fingerprint density at radius 3 is 2.47 bits per heavy atom. The predicted molar refractivity (Wildman–Crippen MR) is 74.8 cm³/mol. The number of aliphatic hydroxyl groups excluding tert-OH is 1. The van der Waals surface area contributed by atoms with Gasteiger partial charge in [0.2, 0.25) is 0 Å². The van der Waals surface area contributed by atoms with Crippen molar-refractivity contribution in [1.29, 1.82) is 0 Å². The van der Waals surface area contributed by atoms with Gasteiger partial charge in [-0.05, 0) is 43.3 Å². The molecule has 0 aliphatic carbocycles. The summed E-state index contributed by atoms with van der Waals surface area (Å²) in [5.74, 6) is 0. The van der Waals surface area contributed by atoms with E-state index < -0.39 is 0 Å². The quantitative estimate of drug-likeness (QED) is 0.824. The molecule has 3 heteroatoms. The molecule has 0 aromatic heterocycles. The number of piperidine rings is 1. The predicted octanol–water partition coefficient (Wildman–Crippen LogP) is 2.05. The van der Waals surface area contributed by atoms with Crippen LogP contribution in [0.1, 0.15) is 24.8 Å². The minimum Gasteiger partial charge on any atom is -0.396 e. The highest BCUT2D eigenvalue weighted by molar-refractivity contribution is 5.14. The zero-order valence-corrected chi connectivity index (χ0v) is 11.4. The maximum Gasteiger partial charge on any atom is 0.0816 e. The average Bonchev–Trinajstić information content (AvgIpc) is 3.26. The monoisotopic (exact) mass is 261 g/mol. The summed E-state index contributed by atoms with van der Waals surface area (Å²) in [5.41, 5.74) is 1.50. The molecule has 2 aliphatic heterocycles. The standard InChI is InChI=1S/C16H23NO2/c18-13-16(10-15-12-19-15)6-8-17(9-7-16)11-14-4-2-1-3-5-14/h1-5,15,18H,6-13H2/t15-/m0/s1. The van der Waals surface area contributed by atoms with Crippen LogP contribution in [0, 0.1) is 5.41 Å². The van der Waals surface area contributed by atoms with Gasteiger partial charge >= 0.3 is 0 Å². The highest BCUT2D eigenvalue weighted by Crippen LogP contribution is 2.39. The Labute approximate surface area is 115 Å². The maximum absolute atomic E-state index is 9.72. The average molecular weight is 261 g/mol. The van der Waals surface area contributed by atoms with Crippen LogP contribution in [-0.4, -0.2) is 42.4 Å². The third-order valence-electron chi connectivity index (χ3n) is 4.56. The zero-order chi connectivity index (χ0) is 13.1. The fourth-order valence-electron chi connectivity index (χ4n) is 3.12. The minimum atomic E-state index is 0.119. The van der Waals surface area contributed by atoms with Gasteiger partial charge in [-0.2, -0.15) is 0 Å². The smallest absolute Gasteiger partial charge is 0.0816 e. The molecule has 104 valence electrons. The summed E-state index contributed by atoms with van der Waals surface area (Å²) in [6, 6.07) is 10.6. The summed E-state index contributed by atoms with van der Waals surface area (Å²) in [4.78, 5) is 2.50. The molecule has 2 aliphatic rings. The van der Waals surface area contributed by atoms with Crippen LogP contribution in [0.25, 0.3) is 0 Å². The molecule has 2 heterocycles. The Kier molecular flexibility index (Phi) is 3.87. The summed E-state index contributed by atoms with van der Waals surface area (Å²) >= 11 is 0. The van der Waals surface area contributed by atoms with Crippen molar-refractivity contribution in [3.63, 3.8) is 0 Å². The van der Waals surface area contributed by atoms with Gasteiger partial charge in [0.25, 0.3) is 0 Å². The normalized spacial score (nSPS) is 26.3. The molecule has 1 aromatic rings. The topological polar surface area (TPSA) is 36.0 Å². The van der Waals surface area contributed by atoms with Gasteiger partial charge in [-0.25, -0.2) is 0 Å². The molecule has 3 rings (SSSR count). The minimum absolute atomic E-state index is 0.119. The second-order valence-electron chi connectivity index (χ2n) is 6.08. The van der Waals surface area contributed by atoms with Crippen LogP contribution in [0.2, 0.25) is 0 Å². The van der Waals surface area contributed by atoms with Crippen molar-refractivity contribution in [2.24, 2.45) is 5.41 Å². The maximum atomic E-state index is 9.72. The first-order valence-electron chi connectivity index (χ1n) is 7.28. The van der Waals surface area contributed by atoms with Crippen molar-refractivity contribution in [2.45, 2.75) is 31.9 Å². The molecular weight excluding hydrogens is 238 g/mol. The van der Waals surface area contributed by atoms with Crippen LogP contribution in [0.15, 0.2) is 30.3 Å². The lowest BCUT2D eigenvalue weighted by atomic mass is 9.75. The summed E-state index contributed by atoms with van der Waals surface area (Å²) in [6.07, 6.45) is 3.66. The summed E-state index contributed by atoms with van der Waals surface area (Å²) < 4.78 is 5.34. The van der Waals surface area contributed by atoms with Gasteiger partial charge in [0.15, 0.2) is 0 Å². The SMILES string of the molecule is OCC1(C[C@H]2CO2)CCN(Cc2ccccc2)CC1. The molecule has 0 radical (unpaired) electrons. The van der Waals surface area contributed by atoms with Crippen molar-refractivity contribution < 1.29 is 9.84 Å². The Bertz CT molecular complexity index is 394. The van der Waals surface area contributed by atoms with E-state index in [1.165, 1.54) is 5.56 Å². The molecule has 0 saturated carbocycles. The molecule has 1 atom stereocenters. The van der Waals surface area contributed by atoms with Gasteiger partial charge in [-0.3, -0.25) is 4.90 Å². The number of ether oxygens (including phenoxy) is 1. The first-order chi connectivity index (χ1) is 9.30. The number of likely N-dealkylation sites (tertiary alicyclic amines) is 1. The number of hydrogen-bond acceptors (Lipinski definition) is 3. The molecule has 0 unspecified atom stereocenters. The van der Waals surface area contributed by atoms with Crippen LogP contribution in [-0.2, 0) is 11.3 Å². The third kappa shape index (κ3) is 3.35.